The van der Waals surface area contributed by atoms with E-state index >= 15 is 0 Å². The van der Waals surface area contributed by atoms with Crippen LogP contribution in [0.3, 0.4) is 0 Å². The number of pyridine rings is 2. The second-order valence-corrected chi connectivity index (χ2v) is 6.28. The number of hydrogen-bond acceptors (Lipinski definition) is 6. The number of benzene rings is 1. The molecular weight excluding hydrogens is 362 g/mol. The Labute approximate surface area is 161 Å². The average molecular weight is 379 g/mol. The number of nitrogens with one attached hydrogen (secondary N) is 1. The topological polar surface area (TPSA) is 81.2 Å². The fraction of sp³-hybridized carbons (Fsp3) is 0.100. The quantitative estimate of drug-likeness (QED) is 0.518. The first-order valence-electron chi connectivity index (χ1n) is 8.15. The van der Waals surface area contributed by atoms with Crippen LogP contribution in [-0.4, -0.2) is 28.1 Å². The van der Waals surface area contributed by atoms with E-state index in [1.165, 1.54) is 11.8 Å². The van der Waals surface area contributed by atoms with Crippen LogP contribution in [0.15, 0.2) is 72.0 Å². The highest BCUT2D eigenvalue weighted by molar-refractivity contribution is 7.98. The van der Waals surface area contributed by atoms with Gasteiger partial charge in [0.1, 0.15) is 11.6 Å². The zero-order valence-electron chi connectivity index (χ0n) is 14.6. The van der Waals surface area contributed by atoms with Gasteiger partial charge in [-0.05, 0) is 54.8 Å². The van der Waals surface area contributed by atoms with Gasteiger partial charge in [-0.25, -0.2) is 9.78 Å². The fourth-order valence-corrected chi connectivity index (χ4v) is 2.87. The number of esters is 1. The summed E-state index contributed by atoms with van der Waals surface area (Å²) in [5.74, 6) is -0.701. The van der Waals surface area contributed by atoms with E-state index < -0.39 is 5.97 Å². The molecule has 0 saturated heterocycles. The van der Waals surface area contributed by atoms with Crippen LogP contribution in [-0.2, 0) is 11.3 Å². The molecular formula is C20H17N3O3S. The maximum absolute atomic E-state index is 12.4. The van der Waals surface area contributed by atoms with Crippen LogP contribution in [0.25, 0.3) is 0 Å². The smallest absolute Gasteiger partial charge is 0.338 e. The van der Waals surface area contributed by atoms with Gasteiger partial charge in [0.25, 0.3) is 5.91 Å². The van der Waals surface area contributed by atoms with Gasteiger partial charge < -0.3 is 10.1 Å². The summed E-state index contributed by atoms with van der Waals surface area (Å²) in [5, 5.41) is 3.46. The Kier molecular flexibility index (Phi) is 6.17. The molecule has 0 saturated carbocycles. The maximum Gasteiger partial charge on any atom is 0.338 e. The van der Waals surface area contributed by atoms with Crippen LogP contribution in [0.1, 0.15) is 26.4 Å². The molecule has 2 aromatic heterocycles. The summed E-state index contributed by atoms with van der Waals surface area (Å²) in [6.45, 7) is 0.108. The van der Waals surface area contributed by atoms with Crippen molar-refractivity contribution in [2.24, 2.45) is 0 Å². The zero-order valence-corrected chi connectivity index (χ0v) is 15.4. The van der Waals surface area contributed by atoms with Crippen molar-refractivity contribution in [3.05, 3.63) is 83.8 Å². The van der Waals surface area contributed by atoms with E-state index in [4.69, 9.17) is 4.74 Å². The Bertz CT molecular complexity index is 931. The Hall–Kier alpha value is -3.19. The third-order valence-electron chi connectivity index (χ3n) is 3.66. The van der Waals surface area contributed by atoms with Crippen molar-refractivity contribution in [2.45, 2.75) is 11.6 Å². The lowest BCUT2D eigenvalue weighted by molar-refractivity contribution is 0.0467. The molecule has 0 radical (unpaired) electrons. The van der Waals surface area contributed by atoms with Crippen LogP contribution >= 0.6 is 11.8 Å². The van der Waals surface area contributed by atoms with Crippen LogP contribution in [0, 0.1) is 0 Å². The summed E-state index contributed by atoms with van der Waals surface area (Å²) in [4.78, 5) is 32.8. The minimum Gasteiger partial charge on any atom is -0.456 e. The first-order chi connectivity index (χ1) is 13.2. The first-order valence-corrected chi connectivity index (χ1v) is 9.37. The van der Waals surface area contributed by atoms with Crippen molar-refractivity contribution in [2.75, 3.05) is 11.6 Å². The van der Waals surface area contributed by atoms with E-state index in [0.29, 0.717) is 27.5 Å². The largest absolute Gasteiger partial charge is 0.456 e. The lowest BCUT2D eigenvalue weighted by atomic mass is 10.2. The Morgan fingerprint density at radius 2 is 1.78 bits per heavy atom. The van der Waals surface area contributed by atoms with Gasteiger partial charge in [-0.2, -0.15) is 0 Å². The van der Waals surface area contributed by atoms with Crippen molar-refractivity contribution >= 4 is 29.3 Å². The summed E-state index contributed by atoms with van der Waals surface area (Å²) < 4.78 is 5.23. The maximum atomic E-state index is 12.4. The summed E-state index contributed by atoms with van der Waals surface area (Å²) >= 11 is 1.41. The molecule has 136 valence electrons. The summed E-state index contributed by atoms with van der Waals surface area (Å²) in [7, 11) is 0. The predicted octanol–water partition coefficient (Wildman–Crippen LogP) is 3.81. The standard InChI is InChI=1S/C20H17N3O3S/c1-27-19-17(6-4-12-22-19)18(24)23-15-9-7-14(8-10-15)20(25)26-13-16-5-2-3-11-21-16/h2-12H,13H2,1H3,(H,23,24). The normalized spacial score (nSPS) is 10.3. The van der Waals surface area contributed by atoms with Crippen molar-refractivity contribution in [1.29, 1.82) is 0 Å². The van der Waals surface area contributed by atoms with Crippen molar-refractivity contribution in [3.63, 3.8) is 0 Å². The third-order valence-corrected chi connectivity index (χ3v) is 4.38. The predicted molar refractivity (Wildman–Crippen MR) is 104 cm³/mol. The van der Waals surface area contributed by atoms with Gasteiger partial charge >= 0.3 is 5.97 Å². The minimum absolute atomic E-state index is 0.108. The second kappa shape index (κ2) is 8.95. The zero-order chi connectivity index (χ0) is 19.1. The lowest BCUT2D eigenvalue weighted by Crippen LogP contribution is -2.13. The molecule has 1 amide bonds. The monoisotopic (exact) mass is 379 g/mol. The summed E-state index contributed by atoms with van der Waals surface area (Å²) in [6.07, 6.45) is 5.16. The van der Waals surface area contributed by atoms with E-state index in [2.05, 4.69) is 15.3 Å². The molecule has 7 heteroatoms. The number of amides is 1. The number of carbonyl (C=O) groups is 2. The molecule has 0 bridgehead atoms. The van der Waals surface area contributed by atoms with Crippen LogP contribution in [0.4, 0.5) is 5.69 Å². The van der Waals surface area contributed by atoms with Crippen molar-refractivity contribution in [3.8, 4) is 0 Å². The Morgan fingerprint density at radius 1 is 1.00 bits per heavy atom. The molecule has 6 nitrogen and oxygen atoms in total. The molecule has 0 aliphatic heterocycles. The summed E-state index contributed by atoms with van der Waals surface area (Å²) in [5.41, 5.74) is 2.16. The molecule has 3 rings (SSSR count). The minimum atomic E-state index is -0.449. The van der Waals surface area contributed by atoms with E-state index in [1.54, 1.807) is 60.9 Å². The van der Waals surface area contributed by atoms with Gasteiger partial charge in [0.05, 0.1) is 16.8 Å². The van der Waals surface area contributed by atoms with Crippen LogP contribution in [0.5, 0.6) is 0 Å². The Balaban J connectivity index is 1.61. The fourth-order valence-electron chi connectivity index (χ4n) is 2.32. The molecule has 0 atom stereocenters. The number of aromatic nitrogens is 2. The average Bonchev–Trinajstić information content (AvgIpc) is 2.73. The SMILES string of the molecule is CSc1ncccc1C(=O)Nc1ccc(C(=O)OCc2ccccn2)cc1. The van der Waals surface area contributed by atoms with Gasteiger partial charge in [0.2, 0.25) is 0 Å². The molecule has 0 aliphatic carbocycles. The molecule has 1 aromatic carbocycles. The number of anilines is 1. The molecule has 1 N–H and O–H groups in total. The highest BCUT2D eigenvalue weighted by Crippen LogP contribution is 2.19. The lowest BCUT2D eigenvalue weighted by Gasteiger charge is -2.09. The number of thioether (sulfide) groups is 1. The molecule has 0 spiro atoms. The summed E-state index contributed by atoms with van der Waals surface area (Å²) in [6, 6.07) is 15.4. The number of carbonyl (C=O) groups excluding carboxylic acids is 2. The highest BCUT2D eigenvalue weighted by Gasteiger charge is 2.13. The second-order valence-electron chi connectivity index (χ2n) is 5.49. The van der Waals surface area contributed by atoms with Crippen molar-refractivity contribution < 1.29 is 14.3 Å². The highest BCUT2D eigenvalue weighted by atomic mass is 32.2. The number of nitrogens with zero attached hydrogens (tertiary/aromatic N) is 2. The molecule has 2 heterocycles. The number of rotatable bonds is 6. The number of ether oxygens (including phenoxy) is 1. The molecule has 0 fully saturated rings. The van der Waals surface area contributed by atoms with E-state index in [-0.39, 0.29) is 12.5 Å². The van der Waals surface area contributed by atoms with Crippen molar-refractivity contribution in [1.82, 2.24) is 9.97 Å². The van der Waals surface area contributed by atoms with E-state index in [9.17, 15) is 9.59 Å². The van der Waals surface area contributed by atoms with Crippen LogP contribution < -0.4 is 5.32 Å². The molecule has 0 aliphatic rings. The third kappa shape index (κ3) is 4.92. The van der Waals surface area contributed by atoms with Gasteiger partial charge in [0, 0.05) is 18.1 Å². The molecule has 27 heavy (non-hydrogen) atoms. The van der Waals surface area contributed by atoms with Gasteiger partial charge in [0.15, 0.2) is 0 Å². The van der Waals surface area contributed by atoms with Gasteiger partial charge in [-0.1, -0.05) is 6.07 Å². The van der Waals surface area contributed by atoms with E-state index in [1.807, 2.05) is 12.3 Å². The van der Waals surface area contributed by atoms with Gasteiger partial charge in [-0.3, -0.25) is 9.78 Å². The van der Waals surface area contributed by atoms with Gasteiger partial charge in [-0.15, -0.1) is 11.8 Å². The van der Waals surface area contributed by atoms with E-state index in [0.717, 1.165) is 0 Å². The Morgan fingerprint density at radius 3 is 2.48 bits per heavy atom. The first kappa shape index (κ1) is 18.6. The number of hydrogen-bond donors (Lipinski definition) is 1. The van der Waals surface area contributed by atoms with Crippen LogP contribution in [0.2, 0.25) is 0 Å². The molecule has 0 unspecified atom stereocenters. The molecule has 3 aromatic rings.